The maximum atomic E-state index is 12.4. The lowest BCUT2D eigenvalue weighted by atomic mass is 10.0. The van der Waals surface area contributed by atoms with Crippen molar-refractivity contribution in [3.63, 3.8) is 0 Å². The minimum Gasteiger partial charge on any atom is -0.505 e. The average molecular weight is 249 g/mol. The number of aromatic nitrogens is 1. The number of hydrogen-bond acceptors (Lipinski definition) is 4. The van der Waals surface area contributed by atoms with Gasteiger partial charge < -0.3 is 15.3 Å². The zero-order valence-electron chi connectivity index (χ0n) is 10.6. The molecule has 0 spiro atoms. The lowest BCUT2D eigenvalue weighted by Crippen LogP contribution is -2.48. The molecule has 1 aliphatic heterocycles. The summed E-state index contributed by atoms with van der Waals surface area (Å²) in [4.78, 5) is 18.1. The van der Waals surface area contributed by atoms with Crippen LogP contribution in [0.4, 0.5) is 0 Å². The molecule has 5 nitrogen and oxygen atoms in total. The predicted octanol–water partition coefficient (Wildman–Crippen LogP) is 1.00. The van der Waals surface area contributed by atoms with Crippen molar-refractivity contribution in [2.24, 2.45) is 0 Å². The van der Waals surface area contributed by atoms with Crippen molar-refractivity contribution >= 4 is 5.91 Å². The van der Waals surface area contributed by atoms with Crippen molar-refractivity contribution in [3.8, 4) is 5.75 Å². The highest BCUT2D eigenvalue weighted by molar-refractivity contribution is 5.96. The van der Waals surface area contributed by atoms with Gasteiger partial charge in [0.1, 0.15) is 5.75 Å². The van der Waals surface area contributed by atoms with Gasteiger partial charge in [-0.25, -0.2) is 0 Å². The summed E-state index contributed by atoms with van der Waals surface area (Å²) < 4.78 is 0. The summed E-state index contributed by atoms with van der Waals surface area (Å²) in [7, 11) is 1.89. The summed E-state index contributed by atoms with van der Waals surface area (Å²) in [5, 5.41) is 12.8. The topological polar surface area (TPSA) is 65.5 Å². The Morgan fingerprint density at radius 2 is 2.44 bits per heavy atom. The number of amides is 1. The minimum absolute atomic E-state index is 0.0451. The minimum atomic E-state index is -0.102. The molecule has 1 amide bonds. The Kier molecular flexibility index (Phi) is 4.15. The molecular formula is C13H19N3O2. The van der Waals surface area contributed by atoms with Gasteiger partial charge in [-0.1, -0.05) is 0 Å². The third kappa shape index (κ3) is 2.61. The number of carbonyl (C=O) groups is 1. The molecule has 0 radical (unpaired) electrons. The standard InChI is InChI=1S/C13H19N3O2/c1-14-8-10-4-2-3-7-16(10)13(18)11-5-6-15-9-12(11)17/h5-6,9-10,14,17H,2-4,7-8H2,1H3. The van der Waals surface area contributed by atoms with E-state index in [0.717, 1.165) is 32.4 Å². The third-order valence-corrected chi connectivity index (χ3v) is 3.36. The first-order chi connectivity index (χ1) is 8.74. The van der Waals surface area contributed by atoms with Crippen molar-refractivity contribution in [2.75, 3.05) is 20.1 Å². The van der Waals surface area contributed by atoms with Gasteiger partial charge in [-0.3, -0.25) is 9.78 Å². The molecule has 1 aromatic rings. The first-order valence-corrected chi connectivity index (χ1v) is 6.32. The molecule has 2 rings (SSSR count). The molecule has 1 atom stereocenters. The van der Waals surface area contributed by atoms with Crippen LogP contribution in [0, 0.1) is 0 Å². The molecular weight excluding hydrogens is 230 g/mol. The Morgan fingerprint density at radius 1 is 1.61 bits per heavy atom. The van der Waals surface area contributed by atoms with E-state index in [-0.39, 0.29) is 17.7 Å². The van der Waals surface area contributed by atoms with Crippen LogP contribution >= 0.6 is 0 Å². The Bertz CT molecular complexity index is 420. The normalized spacial score (nSPS) is 19.8. The molecule has 5 heteroatoms. The van der Waals surface area contributed by atoms with E-state index >= 15 is 0 Å². The third-order valence-electron chi connectivity index (χ3n) is 3.36. The van der Waals surface area contributed by atoms with Crippen molar-refractivity contribution in [3.05, 3.63) is 24.0 Å². The van der Waals surface area contributed by atoms with Gasteiger partial charge in [-0.15, -0.1) is 0 Å². The van der Waals surface area contributed by atoms with Crippen LogP contribution in [0.2, 0.25) is 0 Å². The first kappa shape index (κ1) is 12.8. The molecule has 0 bridgehead atoms. The van der Waals surface area contributed by atoms with Crippen LogP contribution in [0.15, 0.2) is 18.5 Å². The van der Waals surface area contributed by atoms with E-state index in [1.54, 1.807) is 6.07 Å². The molecule has 98 valence electrons. The lowest BCUT2D eigenvalue weighted by Gasteiger charge is -2.35. The average Bonchev–Trinajstić information content (AvgIpc) is 2.40. The van der Waals surface area contributed by atoms with Gasteiger partial charge >= 0.3 is 0 Å². The number of carbonyl (C=O) groups excluding carboxylic acids is 1. The van der Waals surface area contributed by atoms with E-state index in [1.165, 1.54) is 12.4 Å². The van der Waals surface area contributed by atoms with Gasteiger partial charge in [0.05, 0.1) is 11.8 Å². The second kappa shape index (κ2) is 5.82. The fraction of sp³-hybridized carbons (Fsp3) is 0.538. The van der Waals surface area contributed by atoms with Crippen molar-refractivity contribution in [1.29, 1.82) is 0 Å². The van der Waals surface area contributed by atoms with E-state index in [4.69, 9.17) is 0 Å². The highest BCUT2D eigenvalue weighted by atomic mass is 16.3. The van der Waals surface area contributed by atoms with Gasteiger partial charge in [0.2, 0.25) is 0 Å². The molecule has 1 aliphatic rings. The summed E-state index contributed by atoms with van der Waals surface area (Å²) in [5.74, 6) is -0.147. The number of likely N-dealkylation sites (N-methyl/N-ethyl adjacent to an activating group) is 1. The van der Waals surface area contributed by atoms with Crippen molar-refractivity contribution < 1.29 is 9.90 Å². The van der Waals surface area contributed by atoms with Crippen LogP contribution < -0.4 is 5.32 Å². The monoisotopic (exact) mass is 249 g/mol. The summed E-state index contributed by atoms with van der Waals surface area (Å²) in [6, 6.07) is 1.78. The van der Waals surface area contributed by atoms with Gasteiger partial charge in [0.15, 0.2) is 0 Å². The number of nitrogens with one attached hydrogen (secondary N) is 1. The zero-order chi connectivity index (χ0) is 13.0. The molecule has 1 aromatic heterocycles. The van der Waals surface area contributed by atoms with E-state index in [0.29, 0.717) is 5.56 Å². The lowest BCUT2D eigenvalue weighted by molar-refractivity contribution is 0.0612. The number of piperidine rings is 1. The van der Waals surface area contributed by atoms with Crippen LogP contribution in [0.5, 0.6) is 5.75 Å². The Labute approximate surface area is 107 Å². The molecule has 1 saturated heterocycles. The second-order valence-electron chi connectivity index (χ2n) is 4.60. The summed E-state index contributed by atoms with van der Waals surface area (Å²) in [6.45, 7) is 1.55. The quantitative estimate of drug-likeness (QED) is 0.839. The van der Waals surface area contributed by atoms with Gasteiger partial charge in [-0.05, 0) is 32.4 Å². The molecule has 1 unspecified atom stereocenters. The SMILES string of the molecule is CNCC1CCCCN1C(=O)c1ccncc1O. The van der Waals surface area contributed by atoms with Crippen LogP contribution in [-0.2, 0) is 0 Å². The van der Waals surface area contributed by atoms with Crippen molar-refractivity contribution in [1.82, 2.24) is 15.2 Å². The van der Waals surface area contributed by atoms with Gasteiger partial charge in [-0.2, -0.15) is 0 Å². The summed E-state index contributed by atoms with van der Waals surface area (Å²) in [6.07, 6.45) is 6.03. The molecule has 2 N–H and O–H groups in total. The smallest absolute Gasteiger partial charge is 0.258 e. The maximum Gasteiger partial charge on any atom is 0.258 e. The van der Waals surface area contributed by atoms with Crippen LogP contribution in [0.25, 0.3) is 0 Å². The fourth-order valence-corrected chi connectivity index (χ4v) is 2.44. The molecule has 0 aromatic carbocycles. The number of aromatic hydroxyl groups is 1. The van der Waals surface area contributed by atoms with Crippen LogP contribution in [-0.4, -0.2) is 47.1 Å². The van der Waals surface area contributed by atoms with Crippen LogP contribution in [0.3, 0.4) is 0 Å². The van der Waals surface area contributed by atoms with Gasteiger partial charge in [0, 0.05) is 25.3 Å². The largest absolute Gasteiger partial charge is 0.505 e. The molecule has 2 heterocycles. The summed E-state index contributed by atoms with van der Waals surface area (Å²) >= 11 is 0. The highest BCUT2D eigenvalue weighted by Gasteiger charge is 2.28. The predicted molar refractivity (Wildman–Crippen MR) is 68.5 cm³/mol. The second-order valence-corrected chi connectivity index (χ2v) is 4.60. The molecule has 18 heavy (non-hydrogen) atoms. The van der Waals surface area contributed by atoms with E-state index in [2.05, 4.69) is 10.3 Å². The fourth-order valence-electron chi connectivity index (χ4n) is 2.44. The van der Waals surface area contributed by atoms with Crippen molar-refractivity contribution in [2.45, 2.75) is 25.3 Å². The van der Waals surface area contributed by atoms with E-state index < -0.39 is 0 Å². The van der Waals surface area contributed by atoms with E-state index in [9.17, 15) is 9.90 Å². The number of rotatable bonds is 3. The Balaban J connectivity index is 2.18. The first-order valence-electron chi connectivity index (χ1n) is 6.32. The zero-order valence-corrected chi connectivity index (χ0v) is 10.6. The van der Waals surface area contributed by atoms with Gasteiger partial charge in [0.25, 0.3) is 5.91 Å². The number of hydrogen-bond donors (Lipinski definition) is 2. The number of pyridine rings is 1. The van der Waals surface area contributed by atoms with E-state index in [1.807, 2.05) is 11.9 Å². The summed E-state index contributed by atoms with van der Waals surface area (Å²) in [5.41, 5.74) is 0.341. The Hall–Kier alpha value is -1.62. The number of likely N-dealkylation sites (tertiary alicyclic amines) is 1. The molecule has 1 fully saturated rings. The molecule has 0 aliphatic carbocycles. The molecule has 0 saturated carbocycles. The Morgan fingerprint density at radius 3 is 3.17 bits per heavy atom. The number of nitrogens with zero attached hydrogens (tertiary/aromatic N) is 2. The van der Waals surface area contributed by atoms with Crippen LogP contribution in [0.1, 0.15) is 29.6 Å². The maximum absolute atomic E-state index is 12.4. The highest BCUT2D eigenvalue weighted by Crippen LogP contribution is 2.22.